The fourth-order valence-corrected chi connectivity index (χ4v) is 3.39. The minimum Gasteiger partial charge on any atom is -0.497 e. The molecule has 2 aliphatic rings. The molecule has 2 fully saturated rings. The summed E-state index contributed by atoms with van der Waals surface area (Å²) in [5.74, 6) is -0.453. The summed E-state index contributed by atoms with van der Waals surface area (Å²) in [7, 11) is 1.47. The van der Waals surface area contributed by atoms with Crippen molar-refractivity contribution in [3.63, 3.8) is 0 Å². The van der Waals surface area contributed by atoms with Crippen LogP contribution in [-0.2, 0) is 9.59 Å². The van der Waals surface area contributed by atoms with Crippen LogP contribution in [-0.4, -0.2) is 48.4 Å². The molecule has 2 N–H and O–H groups in total. The van der Waals surface area contributed by atoms with E-state index in [4.69, 9.17) is 9.47 Å². The van der Waals surface area contributed by atoms with E-state index in [0.29, 0.717) is 29.9 Å². The van der Waals surface area contributed by atoms with Gasteiger partial charge in [0.1, 0.15) is 17.0 Å². The number of nitrogens with zero attached hydrogens (tertiary/aromatic N) is 1. The number of methoxy groups -OCH3 is 1. The lowest BCUT2D eigenvalue weighted by molar-refractivity contribution is -0.140. The molecule has 4 amide bonds. The molecule has 9 nitrogen and oxygen atoms in total. The summed E-state index contributed by atoms with van der Waals surface area (Å²) in [4.78, 5) is 48.0. The molecular weight excluding hydrogens is 354 g/mol. The quantitative estimate of drug-likeness (QED) is 0.570. The molecule has 1 saturated carbocycles. The Morgan fingerprint density at radius 3 is 2.70 bits per heavy atom. The molecule has 144 valence electrons. The first-order valence-corrected chi connectivity index (χ1v) is 8.71. The molecule has 0 radical (unpaired) electrons. The number of amides is 4. The number of carbonyl (C=O) groups excluding carboxylic acids is 4. The molecular formula is C18H21N3O6. The highest BCUT2D eigenvalue weighted by atomic mass is 16.5. The first kappa shape index (κ1) is 18.7. The number of hydrazine groups is 1. The molecule has 1 heterocycles. The number of rotatable bonds is 6. The average Bonchev–Trinajstić information content (AvgIpc) is 2.90. The topological polar surface area (TPSA) is 114 Å². The van der Waals surface area contributed by atoms with E-state index in [1.165, 1.54) is 19.2 Å². The Balaban J connectivity index is 1.60. The number of aldehydes is 1. The van der Waals surface area contributed by atoms with Crippen molar-refractivity contribution in [2.24, 2.45) is 0 Å². The third kappa shape index (κ3) is 3.71. The van der Waals surface area contributed by atoms with Crippen LogP contribution >= 0.6 is 0 Å². The Hall–Kier alpha value is -3.10. The van der Waals surface area contributed by atoms with Crippen LogP contribution in [0, 0.1) is 0 Å². The van der Waals surface area contributed by atoms with Crippen molar-refractivity contribution in [3.8, 4) is 11.5 Å². The van der Waals surface area contributed by atoms with Gasteiger partial charge in [-0.1, -0.05) is 19.3 Å². The predicted molar refractivity (Wildman–Crippen MR) is 93.2 cm³/mol. The smallest absolute Gasteiger partial charge is 0.344 e. The van der Waals surface area contributed by atoms with Gasteiger partial charge in [-0.2, -0.15) is 5.01 Å². The van der Waals surface area contributed by atoms with Crippen LogP contribution in [0.3, 0.4) is 0 Å². The molecule has 1 spiro atoms. The fraction of sp³-hybridized carbons (Fsp3) is 0.444. The summed E-state index contributed by atoms with van der Waals surface area (Å²) in [6.07, 6.45) is 4.43. The number of carbonyl (C=O) groups is 4. The molecule has 0 aromatic heterocycles. The zero-order valence-electron chi connectivity index (χ0n) is 14.9. The van der Waals surface area contributed by atoms with Gasteiger partial charge in [0.05, 0.1) is 12.7 Å². The van der Waals surface area contributed by atoms with Crippen molar-refractivity contribution < 1.29 is 28.7 Å². The van der Waals surface area contributed by atoms with Crippen LogP contribution in [0.4, 0.5) is 4.79 Å². The molecule has 0 bridgehead atoms. The average molecular weight is 375 g/mol. The zero-order chi connectivity index (χ0) is 19.4. The zero-order valence-corrected chi connectivity index (χ0v) is 14.9. The van der Waals surface area contributed by atoms with Gasteiger partial charge in [0.15, 0.2) is 12.9 Å². The molecule has 9 heteroatoms. The van der Waals surface area contributed by atoms with Crippen LogP contribution in [0.1, 0.15) is 42.5 Å². The number of imide groups is 1. The van der Waals surface area contributed by atoms with Crippen molar-refractivity contribution in [1.29, 1.82) is 0 Å². The molecule has 0 atom stereocenters. The van der Waals surface area contributed by atoms with Crippen molar-refractivity contribution in [3.05, 3.63) is 23.8 Å². The highest BCUT2D eigenvalue weighted by Gasteiger charge is 2.52. The number of urea groups is 1. The van der Waals surface area contributed by atoms with E-state index in [1.807, 2.05) is 0 Å². The highest BCUT2D eigenvalue weighted by molar-refractivity contribution is 6.08. The third-order valence-corrected chi connectivity index (χ3v) is 4.81. The van der Waals surface area contributed by atoms with Gasteiger partial charge in [0.25, 0.3) is 11.8 Å². The van der Waals surface area contributed by atoms with E-state index in [2.05, 4.69) is 10.7 Å². The normalized spacial score (nSPS) is 18.2. The second-order valence-corrected chi connectivity index (χ2v) is 6.56. The van der Waals surface area contributed by atoms with Gasteiger partial charge in [0, 0.05) is 0 Å². The SMILES string of the molecule is COc1ccc(OCC(=O)NN2C(=O)NC3(CCCCC3)C2=O)c(C=O)c1. The van der Waals surface area contributed by atoms with Gasteiger partial charge in [-0.15, -0.1) is 0 Å². The van der Waals surface area contributed by atoms with Crippen LogP contribution in [0.15, 0.2) is 18.2 Å². The van der Waals surface area contributed by atoms with E-state index >= 15 is 0 Å². The van der Waals surface area contributed by atoms with Crippen LogP contribution < -0.4 is 20.2 Å². The predicted octanol–water partition coefficient (Wildman–Crippen LogP) is 1.17. The molecule has 27 heavy (non-hydrogen) atoms. The highest BCUT2D eigenvalue weighted by Crippen LogP contribution is 2.33. The maximum absolute atomic E-state index is 12.6. The number of ether oxygens (including phenoxy) is 2. The standard InChI is InChI=1S/C18H21N3O6/c1-26-13-5-6-14(12(9-13)10-22)27-11-15(23)20-21-16(24)18(19-17(21)25)7-3-2-4-8-18/h5-6,9-10H,2-4,7-8,11H2,1H3,(H,19,25)(H,20,23). The minimum atomic E-state index is -0.913. The summed E-state index contributed by atoms with van der Waals surface area (Å²) in [6, 6.07) is 3.92. The summed E-state index contributed by atoms with van der Waals surface area (Å²) >= 11 is 0. The van der Waals surface area contributed by atoms with Gasteiger partial charge in [-0.25, -0.2) is 4.79 Å². The lowest BCUT2D eigenvalue weighted by Crippen LogP contribution is -2.51. The van der Waals surface area contributed by atoms with Gasteiger partial charge in [0.2, 0.25) is 0 Å². The Labute approximate surface area is 156 Å². The van der Waals surface area contributed by atoms with E-state index in [9.17, 15) is 19.2 Å². The Kier molecular flexibility index (Phi) is 5.29. The van der Waals surface area contributed by atoms with E-state index in [1.54, 1.807) is 6.07 Å². The lowest BCUT2D eigenvalue weighted by Gasteiger charge is -2.30. The molecule has 1 saturated heterocycles. The number of hydrogen-bond acceptors (Lipinski definition) is 6. The van der Waals surface area contributed by atoms with Crippen LogP contribution in [0.2, 0.25) is 0 Å². The summed E-state index contributed by atoms with van der Waals surface area (Å²) < 4.78 is 10.4. The maximum atomic E-state index is 12.6. The first-order valence-electron chi connectivity index (χ1n) is 8.71. The number of nitrogens with one attached hydrogen (secondary N) is 2. The lowest BCUT2D eigenvalue weighted by atomic mass is 9.82. The van der Waals surface area contributed by atoms with Crippen LogP contribution in [0.5, 0.6) is 11.5 Å². The van der Waals surface area contributed by atoms with Crippen molar-refractivity contribution >= 4 is 24.1 Å². The van der Waals surface area contributed by atoms with Crippen molar-refractivity contribution in [2.75, 3.05) is 13.7 Å². The van der Waals surface area contributed by atoms with Crippen LogP contribution in [0.25, 0.3) is 0 Å². The summed E-state index contributed by atoms with van der Waals surface area (Å²) in [5, 5.41) is 3.41. The molecule has 1 aromatic rings. The molecule has 0 unspecified atom stereocenters. The van der Waals surface area contributed by atoms with Gasteiger partial charge < -0.3 is 14.8 Å². The largest absolute Gasteiger partial charge is 0.497 e. The summed E-state index contributed by atoms with van der Waals surface area (Å²) in [5.41, 5.74) is 1.58. The number of hydrogen-bond donors (Lipinski definition) is 2. The molecule has 1 aliphatic carbocycles. The van der Waals surface area contributed by atoms with Crippen molar-refractivity contribution in [1.82, 2.24) is 15.8 Å². The third-order valence-electron chi connectivity index (χ3n) is 4.81. The minimum absolute atomic E-state index is 0.196. The van der Waals surface area contributed by atoms with Gasteiger partial charge >= 0.3 is 6.03 Å². The maximum Gasteiger partial charge on any atom is 0.344 e. The Morgan fingerprint density at radius 1 is 1.30 bits per heavy atom. The molecule has 1 aliphatic heterocycles. The number of benzene rings is 1. The van der Waals surface area contributed by atoms with E-state index in [-0.39, 0.29) is 11.3 Å². The fourth-order valence-electron chi connectivity index (χ4n) is 3.39. The molecule has 1 aromatic carbocycles. The first-order chi connectivity index (χ1) is 13.0. The van der Waals surface area contributed by atoms with Gasteiger partial charge in [-0.05, 0) is 31.0 Å². The molecule has 3 rings (SSSR count). The van der Waals surface area contributed by atoms with Crippen molar-refractivity contribution in [2.45, 2.75) is 37.6 Å². The Morgan fingerprint density at radius 2 is 2.04 bits per heavy atom. The van der Waals surface area contributed by atoms with Gasteiger partial charge in [-0.3, -0.25) is 19.8 Å². The van der Waals surface area contributed by atoms with E-state index < -0.39 is 30.0 Å². The second-order valence-electron chi connectivity index (χ2n) is 6.56. The second kappa shape index (κ2) is 7.65. The monoisotopic (exact) mass is 375 g/mol. The van der Waals surface area contributed by atoms with E-state index in [0.717, 1.165) is 19.3 Å². The summed E-state index contributed by atoms with van der Waals surface area (Å²) in [6.45, 7) is -0.461. The Bertz CT molecular complexity index is 772.